The molecule has 0 aliphatic heterocycles. The Bertz CT molecular complexity index is 713. The van der Waals surface area contributed by atoms with Crippen molar-refractivity contribution in [3.05, 3.63) is 28.6 Å². The smallest absolute Gasteiger partial charge is 0.383 e. The molecule has 1 aromatic heterocycles. The Labute approximate surface area is 114 Å². The molecule has 6 heteroatoms. The molecule has 106 valence electrons. The van der Waals surface area contributed by atoms with Gasteiger partial charge in [-0.1, -0.05) is 6.07 Å². The zero-order chi connectivity index (χ0) is 14.9. The van der Waals surface area contributed by atoms with Gasteiger partial charge < -0.3 is 19.0 Å². The Hall–Kier alpha value is -2.50. The van der Waals surface area contributed by atoms with Crippen LogP contribution in [0.15, 0.2) is 27.4 Å². The van der Waals surface area contributed by atoms with E-state index in [0.717, 1.165) is 6.92 Å². The molecule has 0 atom stereocenters. The maximum absolute atomic E-state index is 11.9. The number of carbonyl (C=O) groups excluding carboxylic acids is 1. The van der Waals surface area contributed by atoms with Crippen molar-refractivity contribution >= 4 is 16.9 Å². The average Bonchev–Trinajstić information content (AvgIpc) is 2.32. The fourth-order valence-electron chi connectivity index (χ4n) is 1.77. The highest BCUT2D eigenvalue weighted by atomic mass is 16.6. The van der Waals surface area contributed by atoms with Gasteiger partial charge in [0.1, 0.15) is 16.7 Å². The van der Waals surface area contributed by atoms with Gasteiger partial charge in [-0.05, 0) is 26.0 Å². The highest BCUT2D eigenvalue weighted by Crippen LogP contribution is 2.38. The summed E-state index contributed by atoms with van der Waals surface area (Å²) in [5.41, 5.74) is -0.685. The molecule has 2 aromatic rings. The van der Waals surface area contributed by atoms with E-state index in [-0.39, 0.29) is 34.3 Å². The molecule has 0 spiro atoms. The summed E-state index contributed by atoms with van der Waals surface area (Å²) in [5.74, 6) is -1.17. The highest BCUT2D eigenvalue weighted by Gasteiger charge is 2.22. The molecule has 0 saturated carbocycles. The first kappa shape index (κ1) is 13.9. The number of hydrogen-bond acceptors (Lipinski definition) is 6. The zero-order valence-electron chi connectivity index (χ0n) is 11.3. The minimum atomic E-state index is -0.839. The average molecular weight is 278 g/mol. The number of phenolic OH excluding ortho intramolecular Hbond substituents is 1. The van der Waals surface area contributed by atoms with Crippen molar-refractivity contribution in [2.24, 2.45) is 0 Å². The lowest BCUT2D eigenvalue weighted by Crippen LogP contribution is -2.15. The fraction of sp³-hybridized carbons (Fsp3) is 0.286. The van der Waals surface area contributed by atoms with Crippen molar-refractivity contribution in [3.8, 4) is 17.2 Å². The van der Waals surface area contributed by atoms with E-state index < -0.39 is 11.6 Å². The van der Waals surface area contributed by atoms with Crippen molar-refractivity contribution in [1.82, 2.24) is 0 Å². The molecule has 1 N–H and O–H groups in total. The number of esters is 1. The van der Waals surface area contributed by atoms with Gasteiger partial charge in [0.15, 0.2) is 5.75 Å². The molecule has 0 amide bonds. The van der Waals surface area contributed by atoms with Crippen LogP contribution in [0, 0.1) is 0 Å². The van der Waals surface area contributed by atoms with Crippen molar-refractivity contribution in [3.63, 3.8) is 0 Å². The monoisotopic (exact) mass is 278 g/mol. The lowest BCUT2D eigenvalue weighted by molar-refractivity contribution is -0.132. The molecule has 0 aliphatic carbocycles. The standard InChI is InChI=1S/C14H14O6/c1-7(2)18-12-11-9(16)5-4-6-10(11)20-14(17)13(12)19-8(3)15/h4-7,16H,1-3H3. The molecule has 0 fully saturated rings. The van der Waals surface area contributed by atoms with Crippen LogP contribution in [0.3, 0.4) is 0 Å². The third-order valence-electron chi connectivity index (χ3n) is 2.42. The summed E-state index contributed by atoms with van der Waals surface area (Å²) in [7, 11) is 0. The largest absolute Gasteiger partial charge is 0.507 e. The third kappa shape index (κ3) is 2.59. The Morgan fingerprint density at radius 1 is 1.30 bits per heavy atom. The van der Waals surface area contributed by atoms with Crippen LogP contribution in [0.1, 0.15) is 20.8 Å². The normalized spacial score (nSPS) is 10.8. The summed E-state index contributed by atoms with van der Waals surface area (Å²) in [6.45, 7) is 4.66. The first-order valence-electron chi connectivity index (χ1n) is 6.04. The summed E-state index contributed by atoms with van der Waals surface area (Å²) in [4.78, 5) is 23.0. The Morgan fingerprint density at radius 2 is 2.00 bits per heavy atom. The fourth-order valence-corrected chi connectivity index (χ4v) is 1.77. The maximum atomic E-state index is 11.9. The summed E-state index contributed by atoms with van der Waals surface area (Å²) in [5, 5.41) is 10.1. The highest BCUT2D eigenvalue weighted by molar-refractivity contribution is 5.91. The predicted octanol–water partition coefficient (Wildman–Crippen LogP) is 2.21. The van der Waals surface area contributed by atoms with E-state index in [0.29, 0.717) is 0 Å². The van der Waals surface area contributed by atoms with Crippen LogP contribution in [0.4, 0.5) is 0 Å². The second kappa shape index (κ2) is 5.24. The summed E-state index contributed by atoms with van der Waals surface area (Å²) in [6, 6.07) is 4.47. The number of benzene rings is 1. The van der Waals surface area contributed by atoms with E-state index in [1.54, 1.807) is 13.8 Å². The Balaban J connectivity index is 2.82. The predicted molar refractivity (Wildman–Crippen MR) is 71.2 cm³/mol. The second-order valence-electron chi connectivity index (χ2n) is 4.46. The van der Waals surface area contributed by atoms with Gasteiger partial charge in [-0.25, -0.2) is 4.79 Å². The molecule has 1 heterocycles. The van der Waals surface area contributed by atoms with Crippen LogP contribution in [0.25, 0.3) is 11.0 Å². The van der Waals surface area contributed by atoms with Gasteiger partial charge in [0.25, 0.3) is 5.75 Å². The number of phenols is 1. The van der Waals surface area contributed by atoms with Crippen LogP contribution in [0.5, 0.6) is 17.2 Å². The van der Waals surface area contributed by atoms with Crippen LogP contribution < -0.4 is 15.1 Å². The minimum Gasteiger partial charge on any atom is -0.507 e. The number of ether oxygens (including phenoxy) is 2. The van der Waals surface area contributed by atoms with E-state index >= 15 is 0 Å². The Kier molecular flexibility index (Phi) is 3.65. The SMILES string of the molecule is CC(=O)Oc1c(OC(C)C)c2c(O)cccc2oc1=O. The molecule has 2 rings (SSSR count). The molecule has 1 aromatic carbocycles. The van der Waals surface area contributed by atoms with Crippen molar-refractivity contribution in [2.75, 3.05) is 0 Å². The quantitative estimate of drug-likeness (QED) is 0.684. The molecular weight excluding hydrogens is 264 g/mol. The molecule has 0 aliphatic rings. The van der Waals surface area contributed by atoms with Crippen LogP contribution in [0.2, 0.25) is 0 Å². The lowest BCUT2D eigenvalue weighted by atomic mass is 10.2. The summed E-state index contributed by atoms with van der Waals surface area (Å²) in [6.07, 6.45) is -0.283. The van der Waals surface area contributed by atoms with Gasteiger partial charge in [0.05, 0.1) is 6.10 Å². The number of fused-ring (bicyclic) bond motifs is 1. The number of rotatable bonds is 3. The van der Waals surface area contributed by atoms with Gasteiger partial charge in [-0.15, -0.1) is 0 Å². The second-order valence-corrected chi connectivity index (χ2v) is 4.46. The van der Waals surface area contributed by atoms with E-state index in [1.807, 2.05) is 0 Å². The lowest BCUT2D eigenvalue weighted by Gasteiger charge is -2.15. The van der Waals surface area contributed by atoms with Crippen LogP contribution >= 0.6 is 0 Å². The minimum absolute atomic E-state index is 0.000417. The van der Waals surface area contributed by atoms with Crippen LogP contribution in [-0.2, 0) is 4.79 Å². The first-order valence-corrected chi connectivity index (χ1v) is 6.04. The molecule has 0 radical (unpaired) electrons. The Morgan fingerprint density at radius 3 is 2.60 bits per heavy atom. The topological polar surface area (TPSA) is 86.0 Å². The van der Waals surface area contributed by atoms with Crippen molar-refractivity contribution in [1.29, 1.82) is 0 Å². The van der Waals surface area contributed by atoms with E-state index in [4.69, 9.17) is 13.9 Å². The van der Waals surface area contributed by atoms with Gasteiger partial charge in [0, 0.05) is 6.92 Å². The van der Waals surface area contributed by atoms with Crippen molar-refractivity contribution in [2.45, 2.75) is 26.9 Å². The van der Waals surface area contributed by atoms with Gasteiger partial charge in [-0.2, -0.15) is 0 Å². The van der Waals surface area contributed by atoms with Gasteiger partial charge in [-0.3, -0.25) is 4.79 Å². The molecule has 20 heavy (non-hydrogen) atoms. The molecule has 0 bridgehead atoms. The third-order valence-corrected chi connectivity index (χ3v) is 2.42. The van der Waals surface area contributed by atoms with Gasteiger partial charge >= 0.3 is 11.6 Å². The van der Waals surface area contributed by atoms with Gasteiger partial charge in [0.2, 0.25) is 0 Å². The van der Waals surface area contributed by atoms with E-state index in [1.165, 1.54) is 18.2 Å². The summed E-state index contributed by atoms with van der Waals surface area (Å²) >= 11 is 0. The van der Waals surface area contributed by atoms with Crippen molar-refractivity contribution < 1.29 is 23.8 Å². The molecule has 0 saturated heterocycles. The zero-order valence-corrected chi connectivity index (χ0v) is 11.3. The molecular formula is C14H14O6. The first-order chi connectivity index (χ1) is 9.40. The molecule has 0 unspecified atom stereocenters. The number of aromatic hydroxyl groups is 1. The van der Waals surface area contributed by atoms with E-state index in [9.17, 15) is 14.7 Å². The molecule has 6 nitrogen and oxygen atoms in total. The number of hydrogen-bond donors (Lipinski definition) is 1. The van der Waals surface area contributed by atoms with Crippen LogP contribution in [-0.4, -0.2) is 17.2 Å². The summed E-state index contributed by atoms with van der Waals surface area (Å²) < 4.78 is 15.4. The maximum Gasteiger partial charge on any atom is 0.383 e. The number of carbonyl (C=O) groups is 1. The van der Waals surface area contributed by atoms with E-state index in [2.05, 4.69) is 0 Å².